The van der Waals surface area contributed by atoms with Gasteiger partial charge in [0.15, 0.2) is 0 Å². The standard InChI is InChI=1S/C68H102.C41H60S/c1-7-11-15-19-23-25-27-29-33-37-49-68(50-38-34-30-28-26-24-20-16-12-8-2)64-52-56(6)40-44-60(64)62-46-42-58(54-66(62)68)57-41-45-61-59-43-39-55(5)51-63(59)67(65(61)53-57,47-35-31-21-17-13-9-3)48-36-32-22-18-14-10-4;1-6-9-12-15-17-20-27-41(28-21-18-16-13-10-7-2)38-29-32(4)23-25-36(38)37-26-24-35(30-39(37)41)40-31-34(33(5)42-40)22-19-14-11-8-3/h39-46,51-54H,7-38,47-50H2,1-6H3;23-26,29-31H,6-22,27-28H2,1-5H3. The smallest absolute Gasteiger partial charge is 0.0348 e. The molecule has 0 unspecified atom stereocenters. The molecule has 6 aromatic carbocycles. The lowest BCUT2D eigenvalue weighted by Crippen LogP contribution is -2.26. The van der Waals surface area contributed by atoms with Gasteiger partial charge in [0.25, 0.3) is 0 Å². The number of thiophene rings is 1. The highest BCUT2D eigenvalue weighted by Gasteiger charge is 2.46. The molecule has 0 spiro atoms. The number of unbranched alkanes of at least 4 members (excludes halogenated alkanes) is 41. The molecule has 0 fully saturated rings. The van der Waals surface area contributed by atoms with Gasteiger partial charge in [-0.1, -0.05) is 458 Å². The number of rotatable bonds is 57. The van der Waals surface area contributed by atoms with E-state index in [2.05, 4.69) is 191 Å². The molecule has 0 saturated carbocycles. The molecule has 3 aliphatic rings. The van der Waals surface area contributed by atoms with Crippen LogP contribution in [-0.4, -0.2) is 0 Å². The highest BCUT2D eigenvalue weighted by atomic mass is 32.1. The highest BCUT2D eigenvalue weighted by molar-refractivity contribution is 7.15. The Bertz CT molecular complexity index is 3690. The van der Waals surface area contributed by atoms with Crippen molar-refractivity contribution < 1.29 is 0 Å². The topological polar surface area (TPSA) is 0 Å². The van der Waals surface area contributed by atoms with E-state index in [0.717, 1.165) is 0 Å². The molecule has 1 heterocycles. The molecule has 0 amide bonds. The Morgan fingerprint density at radius 3 is 0.682 bits per heavy atom. The van der Waals surface area contributed by atoms with Gasteiger partial charge in [-0.3, -0.25) is 0 Å². The van der Waals surface area contributed by atoms with Gasteiger partial charge >= 0.3 is 0 Å². The third-order valence-corrected chi connectivity index (χ3v) is 28.4. The average Bonchev–Trinajstić information content (AvgIpc) is 1.58. The van der Waals surface area contributed by atoms with Crippen molar-refractivity contribution in [3.05, 3.63) is 176 Å². The molecule has 0 bridgehead atoms. The minimum atomic E-state index is 0.0940. The van der Waals surface area contributed by atoms with Gasteiger partial charge in [-0.05, 0) is 192 Å². The van der Waals surface area contributed by atoms with E-state index in [1.807, 2.05) is 11.3 Å². The molecule has 1 aromatic heterocycles. The normalized spacial score (nSPS) is 13.8. The number of hydrogen-bond acceptors (Lipinski definition) is 1. The van der Waals surface area contributed by atoms with Crippen LogP contribution in [0.1, 0.15) is 456 Å². The first-order valence-electron chi connectivity index (χ1n) is 47.8. The molecular formula is C109H162S. The van der Waals surface area contributed by atoms with Gasteiger partial charge in [0, 0.05) is 26.0 Å². The van der Waals surface area contributed by atoms with Crippen molar-refractivity contribution >= 4 is 11.3 Å². The molecular weight excluding hydrogens is 1340 g/mol. The summed E-state index contributed by atoms with van der Waals surface area (Å²) < 4.78 is 0. The quantitative estimate of drug-likeness (QED) is 0.0333. The second kappa shape index (κ2) is 48.4. The van der Waals surface area contributed by atoms with E-state index in [1.165, 1.54) is 430 Å². The summed E-state index contributed by atoms with van der Waals surface area (Å²) in [6.07, 6.45) is 75.0. The lowest BCUT2D eigenvalue weighted by atomic mass is 9.69. The van der Waals surface area contributed by atoms with Crippen LogP contribution in [0.2, 0.25) is 0 Å². The fraction of sp³-hybridized carbons (Fsp3) is 0.633. The molecule has 3 aliphatic carbocycles. The minimum absolute atomic E-state index is 0.0940. The number of hydrogen-bond donors (Lipinski definition) is 0. The second-order valence-electron chi connectivity index (χ2n) is 36.1. The largest absolute Gasteiger partial charge is 0.140 e. The molecule has 1 heteroatoms. The summed E-state index contributed by atoms with van der Waals surface area (Å²) in [4.78, 5) is 2.99. The van der Waals surface area contributed by atoms with Gasteiger partial charge < -0.3 is 0 Å². The van der Waals surface area contributed by atoms with Crippen molar-refractivity contribution in [2.45, 2.75) is 446 Å². The summed E-state index contributed by atoms with van der Waals surface area (Å²) in [6, 6.07) is 48.0. The second-order valence-corrected chi connectivity index (χ2v) is 37.4. The van der Waals surface area contributed by atoms with E-state index in [9.17, 15) is 0 Å². The van der Waals surface area contributed by atoms with Gasteiger partial charge in [0.1, 0.15) is 0 Å². The summed E-state index contributed by atoms with van der Waals surface area (Å²) in [7, 11) is 0. The summed E-state index contributed by atoms with van der Waals surface area (Å²) in [5.41, 5.74) is 29.4. The molecule has 0 radical (unpaired) electrons. The van der Waals surface area contributed by atoms with E-state index < -0.39 is 0 Å². The zero-order valence-corrected chi connectivity index (χ0v) is 74.1. The predicted octanol–water partition coefficient (Wildman–Crippen LogP) is 36.5. The molecule has 0 atom stereocenters. The van der Waals surface area contributed by atoms with Crippen molar-refractivity contribution in [2.24, 2.45) is 0 Å². The van der Waals surface area contributed by atoms with Crippen molar-refractivity contribution in [2.75, 3.05) is 0 Å². The Kier molecular flexibility index (Phi) is 39.1. The van der Waals surface area contributed by atoms with E-state index >= 15 is 0 Å². The van der Waals surface area contributed by atoms with Crippen LogP contribution >= 0.6 is 11.3 Å². The minimum Gasteiger partial charge on any atom is -0.140 e. The number of aryl methyl sites for hydroxylation is 5. The molecule has 110 heavy (non-hydrogen) atoms. The summed E-state index contributed by atoms with van der Waals surface area (Å²) in [6.45, 7) is 25.6. The van der Waals surface area contributed by atoms with Gasteiger partial charge in [-0.15, -0.1) is 11.3 Å². The Labute approximate surface area is 683 Å². The number of fused-ring (bicyclic) bond motifs is 9. The molecule has 0 nitrogen and oxygen atoms in total. The lowest BCUT2D eigenvalue weighted by Gasteiger charge is -2.34. The molecule has 0 aliphatic heterocycles. The van der Waals surface area contributed by atoms with Crippen molar-refractivity contribution in [1.82, 2.24) is 0 Å². The zero-order chi connectivity index (χ0) is 77.7. The maximum Gasteiger partial charge on any atom is 0.0348 e. The first-order valence-corrected chi connectivity index (χ1v) is 48.7. The van der Waals surface area contributed by atoms with Gasteiger partial charge in [-0.25, -0.2) is 0 Å². The molecule has 604 valence electrons. The Morgan fingerprint density at radius 2 is 0.418 bits per heavy atom. The lowest BCUT2D eigenvalue weighted by molar-refractivity contribution is 0.396. The molecule has 0 saturated heterocycles. The van der Waals surface area contributed by atoms with E-state index in [0.29, 0.717) is 0 Å². The fourth-order valence-corrected chi connectivity index (χ4v) is 21.7. The Morgan fingerprint density at radius 1 is 0.209 bits per heavy atom. The monoisotopic (exact) mass is 1500 g/mol. The Hall–Kier alpha value is -4.98. The summed E-state index contributed by atoms with van der Waals surface area (Å²) >= 11 is 2.02. The predicted molar refractivity (Wildman–Crippen MR) is 492 cm³/mol. The third kappa shape index (κ3) is 24.5. The summed E-state index contributed by atoms with van der Waals surface area (Å²) in [5.74, 6) is 0. The highest BCUT2D eigenvalue weighted by Crippen LogP contribution is 2.59. The molecule has 7 aromatic rings. The maximum atomic E-state index is 2.73. The zero-order valence-electron chi connectivity index (χ0n) is 73.3. The van der Waals surface area contributed by atoms with E-state index in [-0.39, 0.29) is 16.2 Å². The third-order valence-electron chi connectivity index (χ3n) is 27.2. The van der Waals surface area contributed by atoms with Crippen LogP contribution in [-0.2, 0) is 22.7 Å². The summed E-state index contributed by atoms with van der Waals surface area (Å²) in [5, 5.41) is 0. The maximum absolute atomic E-state index is 2.73. The van der Waals surface area contributed by atoms with Crippen LogP contribution in [0.4, 0.5) is 0 Å². The van der Waals surface area contributed by atoms with Crippen LogP contribution in [0.15, 0.2) is 115 Å². The molecule has 0 N–H and O–H groups in total. The average molecular weight is 1500 g/mol. The molecule has 10 rings (SSSR count). The van der Waals surface area contributed by atoms with Gasteiger partial charge in [0.2, 0.25) is 0 Å². The van der Waals surface area contributed by atoms with Crippen LogP contribution in [0, 0.1) is 27.7 Å². The van der Waals surface area contributed by atoms with Crippen LogP contribution in [0.5, 0.6) is 0 Å². The first kappa shape index (κ1) is 89.0. The van der Waals surface area contributed by atoms with Gasteiger partial charge in [0.05, 0.1) is 0 Å². The van der Waals surface area contributed by atoms with Crippen LogP contribution in [0.3, 0.4) is 0 Å². The van der Waals surface area contributed by atoms with E-state index in [1.54, 1.807) is 38.9 Å². The first-order chi connectivity index (χ1) is 54.0. The van der Waals surface area contributed by atoms with Crippen molar-refractivity contribution in [1.29, 1.82) is 0 Å². The number of benzene rings is 6. The Balaban J connectivity index is 0.000000283. The van der Waals surface area contributed by atoms with Crippen molar-refractivity contribution in [3.8, 4) is 54.9 Å². The van der Waals surface area contributed by atoms with Gasteiger partial charge in [-0.2, -0.15) is 0 Å². The van der Waals surface area contributed by atoms with Crippen LogP contribution < -0.4 is 0 Å². The van der Waals surface area contributed by atoms with Crippen molar-refractivity contribution in [3.63, 3.8) is 0 Å². The fourth-order valence-electron chi connectivity index (χ4n) is 20.6. The van der Waals surface area contributed by atoms with E-state index in [4.69, 9.17) is 0 Å². The SMILES string of the molecule is CCCCCCCCC1(CCCCCCCC)c2cc(C)ccc2-c2ccc(-c3cc(CCCCCC)c(C)s3)cc21.CCCCCCCCCCCCC1(CCCCCCCCCCCC)c2cc(C)ccc2-c2ccc(-c3ccc4c(c3)C(CCCCCCCC)(CCCCCCCC)c3cc(C)ccc3-4)cc21. The van der Waals surface area contributed by atoms with Crippen LogP contribution in [0.25, 0.3) is 54.9 Å².